The third-order valence-electron chi connectivity index (χ3n) is 4.14. The van der Waals surface area contributed by atoms with Crippen molar-refractivity contribution in [2.75, 3.05) is 13.1 Å². The van der Waals surface area contributed by atoms with Crippen molar-refractivity contribution in [1.29, 1.82) is 0 Å². The van der Waals surface area contributed by atoms with Crippen LogP contribution in [-0.2, 0) is 0 Å². The topological polar surface area (TPSA) is 47.3 Å². The van der Waals surface area contributed by atoms with Gasteiger partial charge in [0.25, 0.3) is 0 Å². The Bertz CT molecular complexity index is 553. The molecule has 0 radical (unpaired) electrons. The first-order valence-corrected chi connectivity index (χ1v) is 7.62. The predicted molar refractivity (Wildman–Crippen MR) is 92.7 cm³/mol. The molecule has 0 aliphatic carbocycles. The average molecular weight is 319 g/mol. The Morgan fingerprint density at radius 1 is 0.909 bits per heavy atom. The summed E-state index contributed by atoms with van der Waals surface area (Å²) >= 11 is 0. The van der Waals surface area contributed by atoms with Crippen LogP contribution in [-0.4, -0.2) is 13.1 Å². The third-order valence-corrected chi connectivity index (χ3v) is 4.14. The van der Waals surface area contributed by atoms with E-state index in [4.69, 9.17) is 10.5 Å². The molecule has 0 unspecified atom stereocenters. The van der Waals surface area contributed by atoms with Gasteiger partial charge in [0.1, 0.15) is 11.5 Å². The van der Waals surface area contributed by atoms with Crippen LogP contribution in [0.1, 0.15) is 24.4 Å². The zero-order valence-corrected chi connectivity index (χ0v) is 13.4. The molecule has 0 amide bonds. The van der Waals surface area contributed by atoms with Crippen molar-refractivity contribution in [2.24, 2.45) is 11.7 Å². The highest BCUT2D eigenvalue weighted by Crippen LogP contribution is 2.29. The maximum atomic E-state index is 6.40. The smallest absolute Gasteiger partial charge is 0.127 e. The van der Waals surface area contributed by atoms with Gasteiger partial charge in [-0.15, -0.1) is 12.4 Å². The minimum absolute atomic E-state index is 0. The lowest BCUT2D eigenvalue weighted by atomic mass is 9.86. The van der Waals surface area contributed by atoms with Crippen LogP contribution in [0.3, 0.4) is 0 Å². The maximum Gasteiger partial charge on any atom is 0.127 e. The molecule has 3 N–H and O–H groups in total. The van der Waals surface area contributed by atoms with Gasteiger partial charge in [-0.05, 0) is 61.7 Å². The molecule has 1 aliphatic rings. The van der Waals surface area contributed by atoms with Crippen molar-refractivity contribution in [2.45, 2.75) is 18.9 Å². The van der Waals surface area contributed by atoms with E-state index in [-0.39, 0.29) is 18.4 Å². The van der Waals surface area contributed by atoms with Gasteiger partial charge in [0.15, 0.2) is 0 Å². The summed E-state index contributed by atoms with van der Waals surface area (Å²) in [6, 6.07) is 18.1. The molecule has 1 aliphatic heterocycles. The minimum Gasteiger partial charge on any atom is -0.457 e. The highest BCUT2D eigenvalue weighted by atomic mass is 35.5. The molecule has 0 bridgehead atoms. The molecule has 4 heteroatoms. The second kappa shape index (κ2) is 8.18. The van der Waals surface area contributed by atoms with Gasteiger partial charge in [-0.25, -0.2) is 0 Å². The van der Waals surface area contributed by atoms with Crippen molar-refractivity contribution in [3.63, 3.8) is 0 Å². The number of halogens is 1. The van der Waals surface area contributed by atoms with Crippen molar-refractivity contribution in [3.8, 4) is 11.5 Å². The van der Waals surface area contributed by atoms with Gasteiger partial charge in [-0.2, -0.15) is 0 Å². The van der Waals surface area contributed by atoms with E-state index in [1.54, 1.807) is 0 Å². The third kappa shape index (κ3) is 4.23. The average Bonchev–Trinajstić information content (AvgIpc) is 2.57. The Morgan fingerprint density at radius 2 is 1.50 bits per heavy atom. The Labute approximate surface area is 138 Å². The van der Waals surface area contributed by atoms with Gasteiger partial charge in [0.05, 0.1) is 0 Å². The van der Waals surface area contributed by atoms with Gasteiger partial charge < -0.3 is 15.8 Å². The summed E-state index contributed by atoms with van der Waals surface area (Å²) in [5.41, 5.74) is 7.60. The highest BCUT2D eigenvalue weighted by Gasteiger charge is 2.21. The fourth-order valence-electron chi connectivity index (χ4n) is 2.86. The summed E-state index contributed by atoms with van der Waals surface area (Å²) in [5.74, 6) is 2.28. The lowest BCUT2D eigenvalue weighted by molar-refractivity contribution is 0.322. The van der Waals surface area contributed by atoms with E-state index in [1.165, 1.54) is 5.56 Å². The molecule has 2 aromatic carbocycles. The molecule has 3 rings (SSSR count). The number of hydrogen-bond donors (Lipinski definition) is 2. The number of hydrogen-bond acceptors (Lipinski definition) is 3. The predicted octanol–water partition coefficient (Wildman–Crippen LogP) is 3.90. The molecular weight excluding hydrogens is 296 g/mol. The van der Waals surface area contributed by atoms with Crippen LogP contribution in [0.5, 0.6) is 11.5 Å². The molecule has 1 atom stereocenters. The largest absolute Gasteiger partial charge is 0.457 e. The molecule has 0 aromatic heterocycles. The molecule has 1 heterocycles. The molecule has 3 nitrogen and oxygen atoms in total. The lowest BCUT2D eigenvalue weighted by Crippen LogP contribution is -2.33. The van der Waals surface area contributed by atoms with Crippen molar-refractivity contribution < 1.29 is 4.74 Å². The standard InChI is InChI=1S/C18H22N2O.ClH/c19-18(15-10-12-20-13-11-15)14-6-8-17(9-7-14)21-16-4-2-1-3-5-16;/h1-9,15,18,20H,10-13,19H2;1H/t18-;/m0./s1. The van der Waals surface area contributed by atoms with Gasteiger partial charge >= 0.3 is 0 Å². The highest BCUT2D eigenvalue weighted by molar-refractivity contribution is 5.85. The van der Waals surface area contributed by atoms with Crippen LogP contribution in [0.2, 0.25) is 0 Å². The first-order valence-electron chi connectivity index (χ1n) is 7.62. The zero-order valence-electron chi connectivity index (χ0n) is 12.6. The summed E-state index contributed by atoms with van der Waals surface area (Å²) in [7, 11) is 0. The molecule has 22 heavy (non-hydrogen) atoms. The summed E-state index contributed by atoms with van der Waals surface area (Å²) in [5, 5.41) is 3.38. The molecule has 1 fully saturated rings. The Hall–Kier alpha value is -1.55. The van der Waals surface area contributed by atoms with Crippen LogP contribution in [0.4, 0.5) is 0 Å². The van der Waals surface area contributed by atoms with E-state index in [9.17, 15) is 0 Å². The Balaban J connectivity index is 0.00000176. The molecular formula is C18H23ClN2O. The summed E-state index contributed by atoms with van der Waals surface area (Å²) in [6.45, 7) is 2.15. The van der Waals surface area contributed by atoms with Crippen LogP contribution in [0.25, 0.3) is 0 Å². The van der Waals surface area contributed by atoms with Gasteiger partial charge in [0.2, 0.25) is 0 Å². The quantitative estimate of drug-likeness (QED) is 0.898. The fraction of sp³-hybridized carbons (Fsp3) is 0.333. The molecule has 2 aromatic rings. The number of benzene rings is 2. The first-order chi connectivity index (χ1) is 10.3. The number of nitrogens with two attached hydrogens (primary N) is 1. The Kier molecular flexibility index (Phi) is 6.25. The summed E-state index contributed by atoms with van der Waals surface area (Å²) in [6.07, 6.45) is 2.31. The lowest BCUT2D eigenvalue weighted by Gasteiger charge is -2.28. The second-order valence-corrected chi connectivity index (χ2v) is 5.60. The number of rotatable bonds is 4. The van der Waals surface area contributed by atoms with E-state index in [1.807, 2.05) is 42.5 Å². The van der Waals surface area contributed by atoms with Gasteiger partial charge in [0, 0.05) is 6.04 Å². The van der Waals surface area contributed by atoms with Crippen LogP contribution in [0, 0.1) is 5.92 Å². The SMILES string of the molecule is Cl.N[C@@H](c1ccc(Oc2ccccc2)cc1)C1CCNCC1. The van der Waals surface area contributed by atoms with Crippen LogP contribution in [0.15, 0.2) is 54.6 Å². The van der Waals surface area contributed by atoms with Crippen molar-refractivity contribution in [3.05, 3.63) is 60.2 Å². The van der Waals surface area contributed by atoms with Crippen LogP contribution < -0.4 is 15.8 Å². The van der Waals surface area contributed by atoms with Crippen molar-refractivity contribution >= 4 is 12.4 Å². The van der Waals surface area contributed by atoms with E-state index in [2.05, 4.69) is 17.4 Å². The van der Waals surface area contributed by atoms with Crippen molar-refractivity contribution in [1.82, 2.24) is 5.32 Å². The normalized spacial score (nSPS) is 16.6. The Morgan fingerprint density at radius 3 is 2.14 bits per heavy atom. The van der Waals surface area contributed by atoms with E-state index >= 15 is 0 Å². The monoisotopic (exact) mass is 318 g/mol. The summed E-state index contributed by atoms with van der Waals surface area (Å²) < 4.78 is 5.81. The molecule has 0 saturated carbocycles. The minimum atomic E-state index is 0. The van der Waals surface area contributed by atoms with Crippen LogP contribution >= 0.6 is 12.4 Å². The number of piperidine rings is 1. The number of para-hydroxylation sites is 1. The maximum absolute atomic E-state index is 6.40. The van der Waals surface area contributed by atoms with Gasteiger partial charge in [-0.3, -0.25) is 0 Å². The zero-order chi connectivity index (χ0) is 14.5. The van der Waals surface area contributed by atoms with E-state index in [0.29, 0.717) is 5.92 Å². The molecule has 1 saturated heterocycles. The number of nitrogens with one attached hydrogen (secondary N) is 1. The van der Waals surface area contributed by atoms with Gasteiger partial charge in [-0.1, -0.05) is 30.3 Å². The second-order valence-electron chi connectivity index (χ2n) is 5.60. The van der Waals surface area contributed by atoms with E-state index < -0.39 is 0 Å². The number of ether oxygens (including phenoxy) is 1. The molecule has 0 spiro atoms. The molecule has 118 valence electrons. The summed E-state index contributed by atoms with van der Waals surface area (Å²) in [4.78, 5) is 0. The van der Waals surface area contributed by atoms with E-state index in [0.717, 1.165) is 37.4 Å². The fourth-order valence-corrected chi connectivity index (χ4v) is 2.86. The first kappa shape index (κ1) is 16.8.